The van der Waals surface area contributed by atoms with Crippen molar-refractivity contribution in [1.82, 2.24) is 4.31 Å². The number of rotatable bonds is 5. The van der Waals surface area contributed by atoms with E-state index in [2.05, 4.69) is 0 Å². The highest BCUT2D eigenvalue weighted by Crippen LogP contribution is 2.27. The van der Waals surface area contributed by atoms with Gasteiger partial charge < -0.3 is 9.84 Å². The Labute approximate surface area is 136 Å². The van der Waals surface area contributed by atoms with Gasteiger partial charge in [-0.2, -0.15) is 4.31 Å². The van der Waals surface area contributed by atoms with Crippen molar-refractivity contribution in [3.8, 4) is 5.75 Å². The Morgan fingerprint density at radius 1 is 1.22 bits per heavy atom. The highest BCUT2D eigenvalue weighted by Gasteiger charge is 2.25. The SMILES string of the molecule is COc1ccc(S(=O)(=O)N2CCCCCC2)cc1C=CC(=O)O. The number of nitrogens with zero attached hydrogens (tertiary/aromatic N) is 1. The average molecular weight is 339 g/mol. The summed E-state index contributed by atoms with van der Waals surface area (Å²) < 4.78 is 32.2. The van der Waals surface area contributed by atoms with E-state index in [4.69, 9.17) is 9.84 Å². The summed E-state index contributed by atoms with van der Waals surface area (Å²) in [6, 6.07) is 4.50. The van der Waals surface area contributed by atoms with Crippen LogP contribution in [0.4, 0.5) is 0 Å². The van der Waals surface area contributed by atoms with E-state index in [0.29, 0.717) is 24.4 Å². The Bertz CT molecular complexity index is 688. The van der Waals surface area contributed by atoms with Crippen LogP contribution in [-0.2, 0) is 14.8 Å². The third kappa shape index (κ3) is 4.33. The van der Waals surface area contributed by atoms with Gasteiger partial charge in [-0.1, -0.05) is 12.8 Å². The number of carboxylic acids is 1. The number of methoxy groups -OCH3 is 1. The zero-order valence-electron chi connectivity index (χ0n) is 13.1. The third-order valence-electron chi connectivity index (χ3n) is 3.81. The normalized spacial score (nSPS) is 17.1. The number of ether oxygens (including phenoxy) is 1. The molecule has 1 saturated heterocycles. The van der Waals surface area contributed by atoms with Crippen LogP contribution in [0.25, 0.3) is 6.08 Å². The molecule has 0 aliphatic carbocycles. The number of carboxylic acid groups (broad SMARTS) is 1. The second-order valence-electron chi connectivity index (χ2n) is 5.39. The van der Waals surface area contributed by atoms with Crippen LogP contribution in [-0.4, -0.2) is 44.0 Å². The lowest BCUT2D eigenvalue weighted by atomic mass is 10.2. The van der Waals surface area contributed by atoms with E-state index in [1.807, 2.05) is 0 Å². The Kier molecular flexibility index (Phi) is 5.79. The Morgan fingerprint density at radius 3 is 2.43 bits per heavy atom. The molecule has 126 valence electrons. The molecule has 0 amide bonds. The topological polar surface area (TPSA) is 83.9 Å². The molecule has 2 rings (SSSR count). The third-order valence-corrected chi connectivity index (χ3v) is 5.70. The molecule has 1 heterocycles. The Balaban J connectivity index is 2.38. The molecule has 0 radical (unpaired) electrons. The van der Waals surface area contributed by atoms with Gasteiger partial charge in [0, 0.05) is 24.7 Å². The molecule has 1 aromatic carbocycles. The number of aliphatic carboxylic acids is 1. The van der Waals surface area contributed by atoms with Crippen molar-refractivity contribution in [3.05, 3.63) is 29.8 Å². The molecule has 7 heteroatoms. The standard InChI is InChI=1S/C16H21NO5S/c1-22-15-8-7-14(12-13(15)6-9-16(18)19)23(20,21)17-10-4-2-3-5-11-17/h6-9,12H,2-5,10-11H2,1H3,(H,18,19). The van der Waals surface area contributed by atoms with Gasteiger partial charge in [0.05, 0.1) is 12.0 Å². The predicted octanol–water partition coefficient (Wildman–Crippen LogP) is 2.36. The first-order valence-corrected chi connectivity index (χ1v) is 8.98. The van der Waals surface area contributed by atoms with Crippen LogP contribution in [0, 0.1) is 0 Å². The van der Waals surface area contributed by atoms with E-state index in [1.165, 1.54) is 29.6 Å². The van der Waals surface area contributed by atoms with Gasteiger partial charge in [-0.3, -0.25) is 0 Å². The zero-order chi connectivity index (χ0) is 16.9. The van der Waals surface area contributed by atoms with Crippen LogP contribution in [0.2, 0.25) is 0 Å². The first kappa shape index (κ1) is 17.5. The van der Waals surface area contributed by atoms with Gasteiger partial charge in [0.2, 0.25) is 10.0 Å². The number of carbonyl (C=O) groups is 1. The molecule has 0 spiro atoms. The van der Waals surface area contributed by atoms with Crippen molar-refractivity contribution < 1.29 is 23.1 Å². The number of hydrogen-bond donors (Lipinski definition) is 1. The summed E-state index contributed by atoms with van der Waals surface area (Å²) in [6.45, 7) is 1.04. The maximum absolute atomic E-state index is 12.8. The molecule has 1 fully saturated rings. The van der Waals surface area contributed by atoms with Crippen LogP contribution in [0.1, 0.15) is 31.2 Å². The molecule has 23 heavy (non-hydrogen) atoms. The molecule has 0 saturated carbocycles. The molecule has 1 aliphatic rings. The fourth-order valence-electron chi connectivity index (χ4n) is 2.60. The summed E-state index contributed by atoms with van der Waals surface area (Å²) in [7, 11) is -2.12. The van der Waals surface area contributed by atoms with E-state index in [1.54, 1.807) is 6.07 Å². The van der Waals surface area contributed by atoms with Crippen molar-refractivity contribution in [1.29, 1.82) is 0 Å². The second-order valence-corrected chi connectivity index (χ2v) is 7.33. The van der Waals surface area contributed by atoms with Gasteiger partial charge in [-0.25, -0.2) is 13.2 Å². The van der Waals surface area contributed by atoms with E-state index in [0.717, 1.165) is 31.8 Å². The highest BCUT2D eigenvalue weighted by molar-refractivity contribution is 7.89. The lowest BCUT2D eigenvalue weighted by Crippen LogP contribution is -2.31. The van der Waals surface area contributed by atoms with Gasteiger partial charge in [0.1, 0.15) is 5.75 Å². The van der Waals surface area contributed by atoms with Crippen molar-refractivity contribution in [2.45, 2.75) is 30.6 Å². The molecule has 6 nitrogen and oxygen atoms in total. The first-order valence-electron chi connectivity index (χ1n) is 7.54. The van der Waals surface area contributed by atoms with Crippen molar-refractivity contribution in [2.75, 3.05) is 20.2 Å². The lowest BCUT2D eigenvalue weighted by molar-refractivity contribution is -0.131. The first-order chi connectivity index (χ1) is 10.9. The fourth-order valence-corrected chi connectivity index (χ4v) is 4.15. The number of benzene rings is 1. The summed E-state index contributed by atoms with van der Waals surface area (Å²) in [5.41, 5.74) is 0.422. The Hall–Kier alpha value is -1.86. The minimum absolute atomic E-state index is 0.158. The van der Waals surface area contributed by atoms with E-state index < -0.39 is 16.0 Å². The van der Waals surface area contributed by atoms with Crippen LogP contribution in [0.5, 0.6) is 5.75 Å². The maximum Gasteiger partial charge on any atom is 0.328 e. The van der Waals surface area contributed by atoms with Gasteiger partial charge in [0.15, 0.2) is 0 Å². The summed E-state index contributed by atoms with van der Waals surface area (Å²) in [6.07, 6.45) is 6.10. The predicted molar refractivity (Wildman–Crippen MR) is 86.9 cm³/mol. The molecule has 0 unspecified atom stereocenters. The van der Waals surface area contributed by atoms with Crippen LogP contribution < -0.4 is 4.74 Å². The average Bonchev–Trinajstić information content (AvgIpc) is 2.82. The molecule has 0 bridgehead atoms. The minimum atomic E-state index is -3.57. The quantitative estimate of drug-likeness (QED) is 0.833. The molecule has 1 N–H and O–H groups in total. The summed E-state index contributed by atoms with van der Waals surface area (Å²) >= 11 is 0. The molecule has 1 aliphatic heterocycles. The molecule has 1 aromatic rings. The van der Waals surface area contributed by atoms with Crippen molar-refractivity contribution in [3.63, 3.8) is 0 Å². The van der Waals surface area contributed by atoms with Gasteiger partial charge in [0.25, 0.3) is 0 Å². The Morgan fingerprint density at radius 2 is 1.87 bits per heavy atom. The van der Waals surface area contributed by atoms with Crippen molar-refractivity contribution in [2.24, 2.45) is 0 Å². The number of sulfonamides is 1. The summed E-state index contributed by atoms with van der Waals surface area (Å²) in [5.74, 6) is -0.676. The molecule has 0 atom stereocenters. The second kappa shape index (κ2) is 7.61. The van der Waals surface area contributed by atoms with Crippen molar-refractivity contribution >= 4 is 22.1 Å². The fraction of sp³-hybridized carbons (Fsp3) is 0.438. The lowest BCUT2D eigenvalue weighted by Gasteiger charge is -2.20. The summed E-state index contributed by atoms with van der Waals surface area (Å²) in [4.78, 5) is 10.8. The van der Waals surface area contributed by atoms with Crippen LogP contribution in [0.15, 0.2) is 29.2 Å². The maximum atomic E-state index is 12.8. The van der Waals surface area contributed by atoms with Gasteiger partial charge in [-0.05, 0) is 37.1 Å². The summed E-state index contributed by atoms with van der Waals surface area (Å²) in [5, 5.41) is 8.75. The van der Waals surface area contributed by atoms with E-state index >= 15 is 0 Å². The smallest absolute Gasteiger partial charge is 0.328 e. The van der Waals surface area contributed by atoms with E-state index in [9.17, 15) is 13.2 Å². The zero-order valence-corrected chi connectivity index (χ0v) is 13.9. The number of hydrogen-bond acceptors (Lipinski definition) is 4. The van der Waals surface area contributed by atoms with Gasteiger partial charge >= 0.3 is 5.97 Å². The largest absolute Gasteiger partial charge is 0.496 e. The highest BCUT2D eigenvalue weighted by atomic mass is 32.2. The van der Waals surface area contributed by atoms with Crippen LogP contribution >= 0.6 is 0 Å². The van der Waals surface area contributed by atoms with E-state index in [-0.39, 0.29) is 4.90 Å². The monoisotopic (exact) mass is 339 g/mol. The molecular formula is C16H21NO5S. The van der Waals surface area contributed by atoms with Crippen LogP contribution in [0.3, 0.4) is 0 Å². The van der Waals surface area contributed by atoms with Gasteiger partial charge in [-0.15, -0.1) is 0 Å². The molecule has 0 aromatic heterocycles. The molecular weight excluding hydrogens is 318 g/mol. The minimum Gasteiger partial charge on any atom is -0.496 e.